The maximum Gasteiger partial charge on any atom is 0.238 e. The van der Waals surface area contributed by atoms with Gasteiger partial charge in [0.25, 0.3) is 0 Å². The molecule has 2 aromatic carbocycles. The van der Waals surface area contributed by atoms with Gasteiger partial charge < -0.3 is 10.6 Å². The van der Waals surface area contributed by atoms with Crippen LogP contribution in [-0.2, 0) is 14.8 Å². The first-order valence-electron chi connectivity index (χ1n) is 9.87. The molecule has 7 heteroatoms. The molecule has 2 rings (SSSR count). The molecule has 0 radical (unpaired) electrons. The van der Waals surface area contributed by atoms with Crippen LogP contribution in [0, 0.1) is 5.92 Å². The van der Waals surface area contributed by atoms with Crippen molar-refractivity contribution >= 4 is 21.6 Å². The quantitative estimate of drug-likeness (QED) is 0.578. The highest BCUT2D eigenvalue weighted by molar-refractivity contribution is 7.89. The lowest BCUT2D eigenvalue weighted by Gasteiger charge is -2.23. The summed E-state index contributed by atoms with van der Waals surface area (Å²) in [4.78, 5) is 12.3. The number of rotatable bonds is 9. The predicted molar refractivity (Wildman–Crippen MR) is 117 cm³/mol. The first-order valence-corrected chi connectivity index (χ1v) is 11.4. The number of hydrogen-bond donors (Lipinski definition) is 3. The summed E-state index contributed by atoms with van der Waals surface area (Å²) < 4.78 is 22.9. The van der Waals surface area contributed by atoms with Crippen molar-refractivity contribution in [3.8, 4) is 0 Å². The zero-order chi connectivity index (χ0) is 21.6. The van der Waals surface area contributed by atoms with Crippen molar-refractivity contribution in [3.05, 3.63) is 59.7 Å². The van der Waals surface area contributed by atoms with E-state index in [0.717, 1.165) is 12.0 Å². The van der Waals surface area contributed by atoms with E-state index < -0.39 is 10.0 Å². The normalized spacial score (nSPS) is 13.9. The largest absolute Gasteiger partial charge is 0.325 e. The van der Waals surface area contributed by atoms with E-state index in [1.165, 1.54) is 17.7 Å². The fourth-order valence-electron chi connectivity index (χ4n) is 3.16. The minimum Gasteiger partial charge on any atom is -0.325 e. The highest BCUT2D eigenvalue weighted by atomic mass is 32.2. The number of sulfonamides is 1. The van der Waals surface area contributed by atoms with Crippen molar-refractivity contribution in [3.63, 3.8) is 0 Å². The Morgan fingerprint density at radius 3 is 2.21 bits per heavy atom. The first-order chi connectivity index (χ1) is 13.6. The lowest BCUT2D eigenvalue weighted by molar-refractivity contribution is -0.115. The number of nitrogens with one attached hydrogen (secondary N) is 2. The zero-order valence-electron chi connectivity index (χ0n) is 17.5. The van der Waals surface area contributed by atoms with E-state index in [0.29, 0.717) is 17.5 Å². The van der Waals surface area contributed by atoms with Crippen LogP contribution in [-0.4, -0.2) is 20.9 Å². The number of amides is 1. The molecule has 0 aliphatic heterocycles. The van der Waals surface area contributed by atoms with Gasteiger partial charge in [0.05, 0.1) is 11.4 Å². The second-order valence-corrected chi connectivity index (χ2v) is 9.26. The average molecular weight is 418 g/mol. The molecule has 0 bridgehead atoms. The Kier molecular flexibility index (Phi) is 7.96. The standard InChI is InChI=1S/C22H31N3O3S/c1-5-16(4)17-9-11-18(12-10-17)22(15(2)3)24-14-21(26)25-19-7-6-8-20(13-19)29(23,27)28/h6-13,15-16,22,24H,5,14H2,1-4H3,(H,25,26)(H2,23,27,28). The Balaban J connectivity index is 2.03. The van der Waals surface area contributed by atoms with Gasteiger partial charge in [-0.15, -0.1) is 0 Å². The molecule has 0 aliphatic carbocycles. The second-order valence-electron chi connectivity index (χ2n) is 7.70. The van der Waals surface area contributed by atoms with E-state index in [2.05, 4.69) is 62.6 Å². The highest BCUT2D eigenvalue weighted by Gasteiger charge is 2.17. The molecule has 0 aromatic heterocycles. The van der Waals surface area contributed by atoms with Crippen molar-refractivity contribution in [2.75, 3.05) is 11.9 Å². The van der Waals surface area contributed by atoms with Crippen LogP contribution in [0.15, 0.2) is 53.4 Å². The fourth-order valence-corrected chi connectivity index (χ4v) is 3.72. The van der Waals surface area contributed by atoms with Crippen LogP contribution in [0.5, 0.6) is 0 Å². The Hall–Kier alpha value is -2.22. The predicted octanol–water partition coefficient (Wildman–Crippen LogP) is 3.77. The Labute approximate surface area is 173 Å². The molecule has 0 spiro atoms. The maximum absolute atomic E-state index is 12.4. The minimum absolute atomic E-state index is 0.0301. The van der Waals surface area contributed by atoms with E-state index in [1.807, 2.05) is 0 Å². The zero-order valence-corrected chi connectivity index (χ0v) is 18.3. The Morgan fingerprint density at radius 1 is 1.03 bits per heavy atom. The van der Waals surface area contributed by atoms with Crippen LogP contribution in [0.4, 0.5) is 5.69 Å². The molecule has 2 unspecified atom stereocenters. The van der Waals surface area contributed by atoms with Crippen LogP contribution in [0.25, 0.3) is 0 Å². The molecule has 0 aliphatic rings. The summed E-state index contributed by atoms with van der Waals surface area (Å²) in [6.45, 7) is 8.70. The van der Waals surface area contributed by atoms with Gasteiger partial charge >= 0.3 is 0 Å². The van der Waals surface area contributed by atoms with Gasteiger partial charge in [0.2, 0.25) is 15.9 Å². The molecule has 0 saturated carbocycles. The lowest BCUT2D eigenvalue weighted by Crippen LogP contribution is -2.33. The number of anilines is 1. The van der Waals surface area contributed by atoms with E-state index in [9.17, 15) is 13.2 Å². The van der Waals surface area contributed by atoms with Crippen molar-refractivity contribution in [1.82, 2.24) is 5.32 Å². The summed E-state index contributed by atoms with van der Waals surface area (Å²) in [5.41, 5.74) is 2.84. The molecule has 158 valence electrons. The number of primary sulfonamides is 1. The van der Waals surface area contributed by atoms with Crippen LogP contribution >= 0.6 is 0 Å². The molecular weight excluding hydrogens is 386 g/mol. The molecule has 2 atom stereocenters. The highest BCUT2D eigenvalue weighted by Crippen LogP contribution is 2.25. The number of carbonyl (C=O) groups is 1. The second kappa shape index (κ2) is 10.0. The topological polar surface area (TPSA) is 101 Å². The molecule has 1 amide bonds. The lowest BCUT2D eigenvalue weighted by atomic mass is 9.92. The molecular formula is C22H31N3O3S. The summed E-state index contributed by atoms with van der Waals surface area (Å²) in [6.07, 6.45) is 1.10. The first kappa shape index (κ1) is 23.1. The van der Waals surface area contributed by atoms with Crippen molar-refractivity contribution in [2.24, 2.45) is 11.1 Å². The smallest absolute Gasteiger partial charge is 0.238 e. The molecule has 0 fully saturated rings. The maximum atomic E-state index is 12.4. The molecule has 2 aromatic rings. The third-order valence-corrected chi connectivity index (χ3v) is 5.98. The summed E-state index contributed by atoms with van der Waals surface area (Å²) >= 11 is 0. The third-order valence-electron chi connectivity index (χ3n) is 5.07. The number of benzene rings is 2. The minimum atomic E-state index is -3.81. The SMILES string of the molecule is CCC(C)c1ccc(C(NCC(=O)Nc2cccc(S(N)(=O)=O)c2)C(C)C)cc1. The van der Waals surface area contributed by atoms with Crippen LogP contribution in [0.3, 0.4) is 0 Å². The number of hydrogen-bond acceptors (Lipinski definition) is 4. The van der Waals surface area contributed by atoms with E-state index >= 15 is 0 Å². The van der Waals surface area contributed by atoms with Crippen molar-refractivity contribution in [2.45, 2.75) is 51.0 Å². The van der Waals surface area contributed by atoms with Gasteiger partial charge in [0.1, 0.15) is 0 Å². The van der Waals surface area contributed by atoms with Gasteiger partial charge in [-0.2, -0.15) is 0 Å². The van der Waals surface area contributed by atoms with Gasteiger partial charge in [0.15, 0.2) is 0 Å². The van der Waals surface area contributed by atoms with Gasteiger partial charge in [-0.05, 0) is 47.6 Å². The van der Waals surface area contributed by atoms with E-state index in [-0.39, 0.29) is 23.4 Å². The van der Waals surface area contributed by atoms with Gasteiger partial charge in [-0.25, -0.2) is 13.6 Å². The molecule has 0 heterocycles. The molecule has 4 N–H and O–H groups in total. The van der Waals surface area contributed by atoms with Gasteiger partial charge in [-0.3, -0.25) is 4.79 Å². The number of carbonyl (C=O) groups excluding carboxylic acids is 1. The van der Waals surface area contributed by atoms with Crippen LogP contribution < -0.4 is 15.8 Å². The molecule has 0 saturated heterocycles. The van der Waals surface area contributed by atoms with Crippen molar-refractivity contribution < 1.29 is 13.2 Å². The fraction of sp³-hybridized carbons (Fsp3) is 0.409. The summed E-state index contributed by atoms with van der Waals surface area (Å²) in [6, 6.07) is 14.5. The van der Waals surface area contributed by atoms with Crippen LogP contribution in [0.2, 0.25) is 0 Å². The van der Waals surface area contributed by atoms with Gasteiger partial charge in [0, 0.05) is 11.7 Å². The third kappa shape index (κ3) is 6.66. The Morgan fingerprint density at radius 2 is 1.66 bits per heavy atom. The monoisotopic (exact) mass is 417 g/mol. The number of nitrogens with two attached hydrogens (primary N) is 1. The van der Waals surface area contributed by atoms with E-state index in [1.54, 1.807) is 12.1 Å². The van der Waals surface area contributed by atoms with Crippen LogP contribution in [0.1, 0.15) is 57.2 Å². The van der Waals surface area contributed by atoms with E-state index in [4.69, 9.17) is 5.14 Å². The van der Waals surface area contributed by atoms with Crippen molar-refractivity contribution in [1.29, 1.82) is 0 Å². The summed E-state index contributed by atoms with van der Waals surface area (Å²) in [7, 11) is -3.81. The molecule has 6 nitrogen and oxygen atoms in total. The Bertz CT molecular complexity index is 925. The average Bonchev–Trinajstić information content (AvgIpc) is 2.67. The summed E-state index contributed by atoms with van der Waals surface area (Å²) in [5, 5.41) is 11.2. The summed E-state index contributed by atoms with van der Waals surface area (Å²) in [5.74, 6) is 0.565. The van der Waals surface area contributed by atoms with Gasteiger partial charge in [-0.1, -0.05) is 58.0 Å². The molecule has 29 heavy (non-hydrogen) atoms.